The average molecular weight is 311 g/mol. The van der Waals surface area contributed by atoms with Gasteiger partial charge in [-0.3, -0.25) is 13.8 Å². The van der Waals surface area contributed by atoms with Gasteiger partial charge >= 0.3 is 13.8 Å². The van der Waals surface area contributed by atoms with E-state index in [2.05, 4.69) is 14.5 Å². The second kappa shape index (κ2) is 8.21. The molecule has 20 heavy (non-hydrogen) atoms. The van der Waals surface area contributed by atoms with E-state index in [9.17, 15) is 14.3 Å². The molecule has 1 unspecified atom stereocenters. The number of phosphoric ester groups is 1. The first kappa shape index (κ1) is 18.9. The molecule has 0 aliphatic carbocycles. The number of rotatable bonds is 10. The number of carboxylic acid groups (broad SMARTS) is 1. The minimum Gasteiger partial charge on any atom is -0.481 e. The molecule has 0 bridgehead atoms. The molecule has 116 valence electrons. The zero-order valence-corrected chi connectivity index (χ0v) is 12.6. The van der Waals surface area contributed by atoms with Crippen LogP contribution in [0.25, 0.3) is 10.4 Å². The summed E-state index contributed by atoms with van der Waals surface area (Å²) in [7, 11) is 1.46. The van der Waals surface area contributed by atoms with Gasteiger partial charge in [-0.25, -0.2) is 4.57 Å². The fraction of sp³-hybridized carbons (Fsp3) is 0.889. The van der Waals surface area contributed by atoms with Gasteiger partial charge in [-0.05, 0) is 12.0 Å². The minimum atomic E-state index is -4.22. The largest absolute Gasteiger partial charge is 0.481 e. The lowest BCUT2D eigenvalue weighted by Gasteiger charge is -2.24. The molecule has 0 aromatic heterocycles. The lowest BCUT2D eigenvalue weighted by Crippen LogP contribution is -2.37. The van der Waals surface area contributed by atoms with Crippen LogP contribution in [0.1, 0.15) is 6.42 Å². The Morgan fingerprint density at radius 3 is 2.40 bits per heavy atom. The Kier molecular flexibility index (Phi) is 7.74. The van der Waals surface area contributed by atoms with E-state index in [0.717, 1.165) is 0 Å². The van der Waals surface area contributed by atoms with Crippen molar-refractivity contribution in [1.82, 2.24) is 0 Å². The van der Waals surface area contributed by atoms with Crippen molar-refractivity contribution in [2.45, 2.75) is 12.5 Å². The number of carboxylic acids is 1. The molecule has 0 aromatic rings. The van der Waals surface area contributed by atoms with Crippen LogP contribution in [0, 0.1) is 0 Å². The molecule has 0 spiro atoms. The van der Waals surface area contributed by atoms with Gasteiger partial charge in [0.1, 0.15) is 19.2 Å². The number of carbonyl (C=O) groups is 1. The van der Waals surface area contributed by atoms with E-state index in [1.165, 1.54) is 0 Å². The van der Waals surface area contributed by atoms with Gasteiger partial charge < -0.3 is 14.5 Å². The van der Waals surface area contributed by atoms with Crippen molar-refractivity contribution in [1.29, 1.82) is 0 Å². The molecule has 0 aliphatic rings. The summed E-state index contributed by atoms with van der Waals surface area (Å²) in [4.78, 5) is 22.4. The first-order valence-corrected chi connectivity index (χ1v) is 7.26. The number of aliphatic carboxylic acids is 1. The highest BCUT2D eigenvalue weighted by Gasteiger charge is 2.24. The van der Waals surface area contributed by atoms with Gasteiger partial charge in [0.15, 0.2) is 0 Å². The standard InChI is InChI=1S/C9H19N4O6P/c1-13(2,3)5-7-19-20(16,17)18-6-4-8(9(14)15)11-12-10/h8H,4-7H2,1-3H3,(H-,14,15,16,17)/p+1/t8-/m0/s1. The smallest absolute Gasteiger partial charge is 0.472 e. The summed E-state index contributed by atoms with van der Waals surface area (Å²) in [6.45, 7) is 0.161. The summed E-state index contributed by atoms with van der Waals surface area (Å²) in [5, 5.41) is 11.7. The van der Waals surface area contributed by atoms with Gasteiger partial charge in [-0.2, -0.15) is 0 Å². The maximum Gasteiger partial charge on any atom is 0.472 e. The predicted octanol–water partition coefficient (Wildman–Crippen LogP) is 0.980. The summed E-state index contributed by atoms with van der Waals surface area (Å²) in [6, 6.07) is -1.34. The highest BCUT2D eigenvalue weighted by molar-refractivity contribution is 7.47. The van der Waals surface area contributed by atoms with Crippen LogP contribution < -0.4 is 0 Å². The van der Waals surface area contributed by atoms with Crippen LogP contribution in [0.5, 0.6) is 0 Å². The summed E-state index contributed by atoms with van der Waals surface area (Å²) in [5.41, 5.74) is 8.16. The molecule has 0 aliphatic heterocycles. The van der Waals surface area contributed by atoms with Crippen molar-refractivity contribution in [3.05, 3.63) is 10.4 Å². The van der Waals surface area contributed by atoms with Gasteiger partial charge in [0.05, 0.1) is 27.7 Å². The minimum absolute atomic E-state index is 0.0238. The lowest BCUT2D eigenvalue weighted by atomic mass is 10.2. The molecular weight excluding hydrogens is 291 g/mol. The molecule has 0 saturated carbocycles. The lowest BCUT2D eigenvalue weighted by molar-refractivity contribution is -0.870. The first-order valence-electron chi connectivity index (χ1n) is 5.77. The molecular formula is C9H20N4O6P+. The number of hydrogen-bond acceptors (Lipinski definition) is 5. The van der Waals surface area contributed by atoms with E-state index >= 15 is 0 Å². The van der Waals surface area contributed by atoms with Crippen molar-refractivity contribution >= 4 is 13.8 Å². The molecule has 2 atom stereocenters. The molecule has 0 saturated heterocycles. The highest BCUT2D eigenvalue weighted by atomic mass is 31.2. The van der Waals surface area contributed by atoms with Crippen molar-refractivity contribution in [2.24, 2.45) is 5.11 Å². The third-order valence-corrected chi connectivity index (χ3v) is 3.16. The predicted molar refractivity (Wildman–Crippen MR) is 69.8 cm³/mol. The number of phosphoric acid groups is 1. The number of hydrogen-bond donors (Lipinski definition) is 2. The Labute approximate surface area is 116 Å². The van der Waals surface area contributed by atoms with E-state index in [1.807, 2.05) is 21.1 Å². The monoisotopic (exact) mass is 311 g/mol. The number of azide groups is 1. The van der Waals surface area contributed by atoms with E-state index in [1.54, 1.807) is 0 Å². The van der Waals surface area contributed by atoms with Crippen LogP contribution in [0.2, 0.25) is 0 Å². The fourth-order valence-corrected chi connectivity index (χ4v) is 1.76. The Morgan fingerprint density at radius 2 is 1.95 bits per heavy atom. The molecule has 11 heteroatoms. The van der Waals surface area contributed by atoms with Crippen molar-refractivity contribution in [3.63, 3.8) is 0 Å². The maximum absolute atomic E-state index is 11.5. The number of quaternary nitrogens is 1. The summed E-state index contributed by atoms with van der Waals surface area (Å²) in [5.74, 6) is -1.33. The second-order valence-electron chi connectivity index (χ2n) is 5.00. The normalized spacial score (nSPS) is 16.0. The third-order valence-electron chi connectivity index (χ3n) is 2.14. The van der Waals surface area contributed by atoms with E-state index in [0.29, 0.717) is 11.0 Å². The molecule has 0 aromatic carbocycles. The topological polar surface area (TPSA) is 142 Å². The fourth-order valence-electron chi connectivity index (χ4n) is 1.04. The molecule has 0 heterocycles. The van der Waals surface area contributed by atoms with Gasteiger partial charge in [-0.15, -0.1) is 0 Å². The summed E-state index contributed by atoms with van der Waals surface area (Å²) < 4.78 is 21.4. The van der Waals surface area contributed by atoms with Gasteiger partial charge in [0.2, 0.25) is 0 Å². The van der Waals surface area contributed by atoms with Crippen LogP contribution in [0.15, 0.2) is 5.11 Å². The zero-order valence-electron chi connectivity index (χ0n) is 11.7. The Hall–Kier alpha value is -1.15. The molecule has 0 rings (SSSR count). The van der Waals surface area contributed by atoms with Crippen LogP contribution >= 0.6 is 7.82 Å². The van der Waals surface area contributed by atoms with Gasteiger partial charge in [0.25, 0.3) is 0 Å². The van der Waals surface area contributed by atoms with Crippen LogP contribution in [0.3, 0.4) is 0 Å². The highest BCUT2D eigenvalue weighted by Crippen LogP contribution is 2.43. The molecule has 0 fully saturated rings. The zero-order chi connectivity index (χ0) is 15.8. The van der Waals surface area contributed by atoms with E-state index < -0.39 is 19.8 Å². The van der Waals surface area contributed by atoms with E-state index in [4.69, 9.17) is 15.2 Å². The Bertz CT molecular complexity index is 415. The summed E-state index contributed by atoms with van der Waals surface area (Å²) >= 11 is 0. The second-order valence-corrected chi connectivity index (χ2v) is 6.45. The van der Waals surface area contributed by atoms with Crippen LogP contribution in [0.4, 0.5) is 0 Å². The molecule has 10 nitrogen and oxygen atoms in total. The van der Waals surface area contributed by atoms with Crippen LogP contribution in [-0.2, 0) is 18.4 Å². The molecule has 0 amide bonds. The third kappa shape index (κ3) is 9.74. The van der Waals surface area contributed by atoms with Gasteiger partial charge in [0, 0.05) is 4.91 Å². The van der Waals surface area contributed by atoms with Crippen molar-refractivity contribution in [2.75, 3.05) is 40.9 Å². The van der Waals surface area contributed by atoms with Gasteiger partial charge in [-0.1, -0.05) is 5.11 Å². The van der Waals surface area contributed by atoms with Crippen LogP contribution in [-0.4, -0.2) is 67.4 Å². The first-order chi connectivity index (χ1) is 9.07. The Morgan fingerprint density at radius 1 is 1.40 bits per heavy atom. The number of nitrogens with zero attached hydrogens (tertiary/aromatic N) is 4. The number of likely N-dealkylation sites (N-methyl/N-ethyl adjacent to an activating group) is 1. The van der Waals surface area contributed by atoms with Crippen molar-refractivity contribution < 1.29 is 32.9 Å². The quantitative estimate of drug-likeness (QED) is 0.202. The Balaban J connectivity index is 4.12. The van der Waals surface area contributed by atoms with Crippen molar-refractivity contribution in [3.8, 4) is 0 Å². The van der Waals surface area contributed by atoms with E-state index in [-0.39, 0.29) is 19.6 Å². The molecule has 2 N–H and O–H groups in total. The average Bonchev–Trinajstić information content (AvgIpc) is 2.25. The molecule has 0 radical (unpaired) electrons. The maximum atomic E-state index is 11.5. The summed E-state index contributed by atoms with van der Waals surface area (Å²) in [6.07, 6.45) is -0.220. The SMILES string of the molecule is C[N+](C)(C)CCOP(=O)(O)OCC[C@H](N=[N+]=[N-])C(=O)O.